The highest BCUT2D eigenvalue weighted by atomic mass is 16.5. The normalized spacial score (nSPS) is 18.2. The van der Waals surface area contributed by atoms with Gasteiger partial charge in [0.25, 0.3) is 5.91 Å². The molecule has 0 bridgehead atoms. The van der Waals surface area contributed by atoms with Gasteiger partial charge >= 0.3 is 5.97 Å². The Kier molecular flexibility index (Phi) is 5.14. The lowest BCUT2D eigenvalue weighted by Gasteiger charge is -2.34. The van der Waals surface area contributed by atoms with Crippen LogP contribution < -0.4 is 4.74 Å². The molecule has 1 aliphatic heterocycles. The van der Waals surface area contributed by atoms with Gasteiger partial charge in [0.15, 0.2) is 0 Å². The van der Waals surface area contributed by atoms with E-state index < -0.39 is 6.04 Å². The van der Waals surface area contributed by atoms with Gasteiger partial charge in [-0.2, -0.15) is 0 Å². The Morgan fingerprint density at radius 1 is 1.43 bits per heavy atom. The molecular formula is C15H20N2O4. The molecule has 1 aliphatic rings. The molecule has 0 spiro atoms. The summed E-state index contributed by atoms with van der Waals surface area (Å²) in [7, 11) is 1.47. The predicted octanol–water partition coefficient (Wildman–Crippen LogP) is 1.65. The molecular weight excluding hydrogens is 272 g/mol. The van der Waals surface area contributed by atoms with Crippen molar-refractivity contribution in [1.82, 2.24) is 9.88 Å². The Morgan fingerprint density at radius 2 is 2.24 bits per heavy atom. The number of hydrogen-bond donors (Lipinski definition) is 0. The number of likely N-dealkylation sites (tertiary alicyclic amines) is 1. The number of ether oxygens (including phenoxy) is 2. The molecule has 0 radical (unpaired) electrons. The molecule has 0 aromatic carbocycles. The molecule has 1 fully saturated rings. The lowest BCUT2D eigenvalue weighted by Crippen LogP contribution is -2.48. The van der Waals surface area contributed by atoms with Crippen molar-refractivity contribution in [2.45, 2.75) is 32.2 Å². The first-order valence-electron chi connectivity index (χ1n) is 7.15. The minimum absolute atomic E-state index is 0.238. The first kappa shape index (κ1) is 15.3. The van der Waals surface area contributed by atoms with Crippen LogP contribution in [0.2, 0.25) is 0 Å². The van der Waals surface area contributed by atoms with Crippen LogP contribution in [0.4, 0.5) is 0 Å². The second kappa shape index (κ2) is 7.06. The molecule has 1 aromatic heterocycles. The van der Waals surface area contributed by atoms with Gasteiger partial charge in [0.05, 0.1) is 13.7 Å². The van der Waals surface area contributed by atoms with Gasteiger partial charge in [-0.1, -0.05) is 0 Å². The van der Waals surface area contributed by atoms with E-state index in [1.807, 2.05) is 0 Å². The van der Waals surface area contributed by atoms with Gasteiger partial charge in [0, 0.05) is 12.7 Å². The van der Waals surface area contributed by atoms with E-state index in [1.54, 1.807) is 30.2 Å². The van der Waals surface area contributed by atoms with Gasteiger partial charge in [0.1, 0.15) is 11.6 Å². The first-order valence-corrected chi connectivity index (χ1v) is 7.15. The molecule has 6 nitrogen and oxygen atoms in total. The molecule has 1 aromatic rings. The molecule has 114 valence electrons. The summed E-state index contributed by atoms with van der Waals surface area (Å²) in [6, 6.07) is 2.82. The summed E-state index contributed by atoms with van der Waals surface area (Å²) >= 11 is 0. The minimum atomic E-state index is -0.517. The second-order valence-corrected chi connectivity index (χ2v) is 4.82. The molecule has 1 unspecified atom stereocenters. The number of aromatic nitrogens is 1. The average molecular weight is 292 g/mol. The zero-order valence-electron chi connectivity index (χ0n) is 12.4. The second-order valence-electron chi connectivity index (χ2n) is 4.82. The summed E-state index contributed by atoms with van der Waals surface area (Å²) in [5.74, 6) is -0.304. The van der Waals surface area contributed by atoms with Gasteiger partial charge in [-0.3, -0.25) is 4.79 Å². The van der Waals surface area contributed by atoms with E-state index in [1.165, 1.54) is 7.11 Å². The molecule has 21 heavy (non-hydrogen) atoms. The fourth-order valence-electron chi connectivity index (χ4n) is 2.53. The quantitative estimate of drug-likeness (QED) is 0.789. The van der Waals surface area contributed by atoms with Crippen LogP contribution in [0.1, 0.15) is 36.5 Å². The van der Waals surface area contributed by atoms with E-state index in [9.17, 15) is 9.59 Å². The number of carbonyl (C=O) groups is 2. The predicted molar refractivity (Wildman–Crippen MR) is 76.1 cm³/mol. The van der Waals surface area contributed by atoms with Crippen LogP contribution in [0.25, 0.3) is 0 Å². The third-order valence-electron chi connectivity index (χ3n) is 3.52. The van der Waals surface area contributed by atoms with Crippen LogP contribution in [0.15, 0.2) is 18.3 Å². The maximum Gasteiger partial charge on any atom is 0.328 e. The lowest BCUT2D eigenvalue weighted by molar-refractivity contribution is -0.149. The van der Waals surface area contributed by atoms with Crippen LogP contribution >= 0.6 is 0 Å². The van der Waals surface area contributed by atoms with Crippen molar-refractivity contribution >= 4 is 11.9 Å². The molecule has 1 atom stereocenters. The summed E-state index contributed by atoms with van der Waals surface area (Å²) < 4.78 is 10.2. The van der Waals surface area contributed by atoms with Crippen molar-refractivity contribution in [3.63, 3.8) is 0 Å². The highest BCUT2D eigenvalue weighted by molar-refractivity contribution is 5.98. The minimum Gasteiger partial charge on any atom is -0.480 e. The Hall–Kier alpha value is -2.11. The summed E-state index contributed by atoms with van der Waals surface area (Å²) in [5, 5.41) is 0. The molecule has 1 amide bonds. The van der Waals surface area contributed by atoms with Crippen LogP contribution in [-0.2, 0) is 9.53 Å². The monoisotopic (exact) mass is 292 g/mol. The molecule has 0 saturated carbocycles. The summed E-state index contributed by atoms with van der Waals surface area (Å²) in [4.78, 5) is 30.3. The average Bonchev–Trinajstić information content (AvgIpc) is 2.54. The number of esters is 1. The van der Waals surface area contributed by atoms with Crippen molar-refractivity contribution in [3.8, 4) is 5.88 Å². The van der Waals surface area contributed by atoms with Gasteiger partial charge in [-0.05, 0) is 38.3 Å². The molecule has 1 saturated heterocycles. The van der Waals surface area contributed by atoms with E-state index in [2.05, 4.69) is 4.98 Å². The van der Waals surface area contributed by atoms with Crippen LogP contribution in [-0.4, -0.2) is 48.1 Å². The van der Waals surface area contributed by atoms with Crippen LogP contribution in [0.3, 0.4) is 0 Å². The number of rotatable bonds is 4. The van der Waals surface area contributed by atoms with Crippen molar-refractivity contribution in [3.05, 3.63) is 23.9 Å². The van der Waals surface area contributed by atoms with Gasteiger partial charge in [0.2, 0.25) is 5.88 Å². The van der Waals surface area contributed by atoms with Gasteiger partial charge in [-0.15, -0.1) is 0 Å². The number of carbonyl (C=O) groups excluding carboxylic acids is 2. The van der Waals surface area contributed by atoms with Crippen molar-refractivity contribution in [2.75, 3.05) is 20.3 Å². The fraction of sp³-hybridized carbons (Fsp3) is 0.533. The van der Waals surface area contributed by atoms with Gasteiger partial charge in [-0.25, -0.2) is 9.78 Å². The third-order valence-corrected chi connectivity index (χ3v) is 3.52. The molecule has 6 heteroatoms. The fourth-order valence-corrected chi connectivity index (χ4v) is 2.53. The SMILES string of the molecule is CCOC(=O)C1CCCCN1C(=O)c1cccnc1OC. The molecule has 2 heterocycles. The Labute approximate surface area is 124 Å². The largest absolute Gasteiger partial charge is 0.480 e. The lowest BCUT2D eigenvalue weighted by atomic mass is 10.0. The zero-order valence-corrected chi connectivity index (χ0v) is 12.4. The van der Waals surface area contributed by atoms with Crippen molar-refractivity contribution in [1.29, 1.82) is 0 Å². The van der Waals surface area contributed by atoms with Gasteiger partial charge < -0.3 is 14.4 Å². The molecule has 2 rings (SSSR count). The topological polar surface area (TPSA) is 68.7 Å². The Bertz CT molecular complexity index is 518. The molecule has 0 N–H and O–H groups in total. The third kappa shape index (κ3) is 3.32. The number of hydrogen-bond acceptors (Lipinski definition) is 5. The Morgan fingerprint density at radius 3 is 2.95 bits per heavy atom. The van der Waals surface area contributed by atoms with Crippen LogP contribution in [0, 0.1) is 0 Å². The Balaban J connectivity index is 2.24. The van der Waals surface area contributed by atoms with Crippen molar-refractivity contribution in [2.24, 2.45) is 0 Å². The highest BCUT2D eigenvalue weighted by Crippen LogP contribution is 2.23. The number of amides is 1. The van der Waals surface area contributed by atoms with E-state index in [0.717, 1.165) is 12.8 Å². The zero-order chi connectivity index (χ0) is 15.2. The maximum absolute atomic E-state index is 12.7. The number of piperidine rings is 1. The van der Waals surface area contributed by atoms with E-state index >= 15 is 0 Å². The maximum atomic E-state index is 12.7. The molecule has 0 aliphatic carbocycles. The number of pyridine rings is 1. The van der Waals surface area contributed by atoms with E-state index in [4.69, 9.17) is 9.47 Å². The number of nitrogens with zero attached hydrogens (tertiary/aromatic N) is 2. The standard InChI is InChI=1S/C15H20N2O4/c1-3-21-15(19)12-8-4-5-10-17(12)14(18)11-7-6-9-16-13(11)20-2/h6-7,9,12H,3-5,8,10H2,1-2H3. The summed E-state index contributed by atoms with van der Waals surface area (Å²) in [6.07, 6.45) is 3.99. The van der Waals surface area contributed by atoms with E-state index in [-0.39, 0.29) is 17.8 Å². The number of methoxy groups -OCH3 is 1. The van der Waals surface area contributed by atoms with Crippen LogP contribution in [0.5, 0.6) is 5.88 Å². The summed E-state index contributed by atoms with van der Waals surface area (Å²) in [5.41, 5.74) is 0.371. The smallest absolute Gasteiger partial charge is 0.328 e. The highest BCUT2D eigenvalue weighted by Gasteiger charge is 2.34. The summed E-state index contributed by atoms with van der Waals surface area (Å²) in [6.45, 7) is 2.62. The van der Waals surface area contributed by atoms with E-state index in [0.29, 0.717) is 25.1 Å². The first-order chi connectivity index (χ1) is 10.2. The van der Waals surface area contributed by atoms with Crippen molar-refractivity contribution < 1.29 is 19.1 Å².